The van der Waals surface area contributed by atoms with E-state index in [9.17, 15) is 14.0 Å². The standard InChI is InChI=1S/C22H20FN7O2S/c1-12-7-15(25-28-20(12)31)8-14-3-4-17(23)16(9-14)22(32)29-10-13(2)30-18(11-29)26-27-19(30)21-24-5-6-33-21/h3-7,9,13H,8,10-11H2,1-2H3,(H,28,31). The Morgan fingerprint density at radius 2 is 2.15 bits per heavy atom. The maximum absolute atomic E-state index is 14.7. The minimum absolute atomic E-state index is 0.00559. The zero-order chi connectivity index (χ0) is 23.1. The van der Waals surface area contributed by atoms with Gasteiger partial charge in [0.15, 0.2) is 16.7 Å². The van der Waals surface area contributed by atoms with Gasteiger partial charge in [-0.25, -0.2) is 14.5 Å². The lowest BCUT2D eigenvalue weighted by molar-refractivity contribution is 0.0677. The molecule has 1 N–H and O–H groups in total. The van der Waals surface area contributed by atoms with Crippen LogP contribution in [0.25, 0.3) is 10.8 Å². The number of carbonyl (C=O) groups is 1. The molecule has 4 heterocycles. The number of benzene rings is 1. The van der Waals surface area contributed by atoms with Gasteiger partial charge in [0.25, 0.3) is 11.5 Å². The van der Waals surface area contributed by atoms with Gasteiger partial charge in [-0.2, -0.15) is 5.10 Å². The van der Waals surface area contributed by atoms with Gasteiger partial charge in [-0.05, 0) is 37.6 Å². The normalized spacial score (nSPS) is 15.5. The molecule has 0 saturated carbocycles. The summed E-state index contributed by atoms with van der Waals surface area (Å²) in [6.07, 6.45) is 2.07. The predicted molar refractivity (Wildman–Crippen MR) is 119 cm³/mol. The number of nitrogens with zero attached hydrogens (tertiary/aromatic N) is 6. The number of nitrogens with one attached hydrogen (secondary N) is 1. The van der Waals surface area contributed by atoms with Crippen LogP contribution in [0.2, 0.25) is 0 Å². The van der Waals surface area contributed by atoms with E-state index < -0.39 is 11.7 Å². The van der Waals surface area contributed by atoms with Crippen LogP contribution in [-0.2, 0) is 13.0 Å². The van der Waals surface area contributed by atoms with Crippen LogP contribution in [-0.4, -0.2) is 47.3 Å². The molecule has 168 valence electrons. The second kappa shape index (κ2) is 8.32. The molecule has 0 aliphatic carbocycles. The second-order valence-corrected chi connectivity index (χ2v) is 8.94. The van der Waals surface area contributed by atoms with Gasteiger partial charge in [0.05, 0.1) is 23.8 Å². The Morgan fingerprint density at radius 1 is 1.30 bits per heavy atom. The second-order valence-electron chi connectivity index (χ2n) is 8.04. The maximum atomic E-state index is 14.7. The van der Waals surface area contributed by atoms with E-state index in [1.165, 1.54) is 17.4 Å². The first-order valence-corrected chi connectivity index (χ1v) is 11.2. The first kappa shape index (κ1) is 21.1. The first-order chi connectivity index (χ1) is 15.9. The SMILES string of the molecule is Cc1cc(Cc2ccc(F)c(C(=O)N3Cc4nnc(-c5nccs5)n4C(C)C3)c2)n[nH]c1=O. The van der Waals surface area contributed by atoms with Crippen LogP contribution in [0.4, 0.5) is 4.39 Å². The minimum atomic E-state index is -0.586. The van der Waals surface area contributed by atoms with Crippen molar-refractivity contribution >= 4 is 17.2 Å². The average molecular weight is 466 g/mol. The molecule has 0 saturated heterocycles. The Bertz CT molecular complexity index is 1400. The highest BCUT2D eigenvalue weighted by Gasteiger charge is 2.31. The van der Waals surface area contributed by atoms with Crippen LogP contribution in [0.1, 0.15) is 46.0 Å². The van der Waals surface area contributed by atoms with E-state index in [2.05, 4.69) is 25.4 Å². The fraction of sp³-hybridized carbons (Fsp3) is 0.273. The van der Waals surface area contributed by atoms with E-state index in [0.29, 0.717) is 35.9 Å². The Kier molecular flexibility index (Phi) is 5.33. The third-order valence-corrected chi connectivity index (χ3v) is 6.39. The fourth-order valence-electron chi connectivity index (χ4n) is 4.04. The molecule has 1 amide bonds. The topological polar surface area (TPSA) is 110 Å². The first-order valence-electron chi connectivity index (χ1n) is 10.4. The van der Waals surface area contributed by atoms with Crippen molar-refractivity contribution in [2.24, 2.45) is 0 Å². The molecular formula is C22H20FN7O2S. The van der Waals surface area contributed by atoms with E-state index in [0.717, 1.165) is 10.6 Å². The number of carbonyl (C=O) groups excluding carboxylic acids is 1. The van der Waals surface area contributed by atoms with Gasteiger partial charge in [-0.3, -0.25) is 9.59 Å². The number of amides is 1. The third-order valence-electron chi connectivity index (χ3n) is 5.62. The number of hydrogen-bond donors (Lipinski definition) is 1. The summed E-state index contributed by atoms with van der Waals surface area (Å²) in [6.45, 7) is 4.29. The lowest BCUT2D eigenvalue weighted by Gasteiger charge is -2.32. The Morgan fingerprint density at radius 3 is 2.91 bits per heavy atom. The summed E-state index contributed by atoms with van der Waals surface area (Å²) >= 11 is 1.48. The molecule has 0 fully saturated rings. The zero-order valence-electron chi connectivity index (χ0n) is 17.9. The van der Waals surface area contributed by atoms with Crippen LogP contribution in [0.15, 0.2) is 40.6 Å². The van der Waals surface area contributed by atoms with E-state index in [1.54, 1.807) is 36.2 Å². The maximum Gasteiger partial charge on any atom is 0.267 e. The molecule has 9 nitrogen and oxygen atoms in total. The zero-order valence-corrected chi connectivity index (χ0v) is 18.8. The molecule has 0 bridgehead atoms. The number of halogens is 1. The van der Waals surface area contributed by atoms with Crippen molar-refractivity contribution in [1.29, 1.82) is 0 Å². The molecule has 1 aliphatic heterocycles. The smallest absolute Gasteiger partial charge is 0.267 e. The number of H-pyrrole nitrogens is 1. The van der Waals surface area contributed by atoms with Gasteiger partial charge in [0.2, 0.25) is 0 Å². The van der Waals surface area contributed by atoms with Gasteiger partial charge < -0.3 is 9.47 Å². The predicted octanol–water partition coefficient (Wildman–Crippen LogP) is 2.74. The number of fused-ring (bicyclic) bond motifs is 1. The lowest BCUT2D eigenvalue weighted by atomic mass is 10.0. The van der Waals surface area contributed by atoms with Crippen molar-refractivity contribution in [3.8, 4) is 10.8 Å². The highest BCUT2D eigenvalue weighted by molar-refractivity contribution is 7.13. The number of thiazole rings is 1. The van der Waals surface area contributed by atoms with Gasteiger partial charge >= 0.3 is 0 Å². The molecule has 4 aromatic rings. The van der Waals surface area contributed by atoms with Crippen molar-refractivity contribution in [3.63, 3.8) is 0 Å². The number of aryl methyl sites for hydroxylation is 1. The average Bonchev–Trinajstić information content (AvgIpc) is 3.47. The fourth-order valence-corrected chi connectivity index (χ4v) is 4.66. The highest BCUT2D eigenvalue weighted by atomic mass is 32.1. The lowest BCUT2D eigenvalue weighted by Crippen LogP contribution is -2.40. The molecular weight excluding hydrogens is 445 g/mol. The van der Waals surface area contributed by atoms with Gasteiger partial charge in [0.1, 0.15) is 5.82 Å². The number of hydrogen-bond acceptors (Lipinski definition) is 7. The molecule has 33 heavy (non-hydrogen) atoms. The molecule has 3 aromatic heterocycles. The summed E-state index contributed by atoms with van der Waals surface area (Å²) in [5, 5.41) is 17.6. The van der Waals surface area contributed by atoms with Gasteiger partial charge in [-0.1, -0.05) is 6.07 Å². The van der Waals surface area contributed by atoms with Crippen LogP contribution >= 0.6 is 11.3 Å². The largest absolute Gasteiger partial charge is 0.329 e. The molecule has 0 spiro atoms. The van der Waals surface area contributed by atoms with Crippen molar-refractivity contribution in [1.82, 2.24) is 34.8 Å². The molecule has 1 aromatic carbocycles. The summed E-state index contributed by atoms with van der Waals surface area (Å²) in [5.41, 5.74) is 1.64. The summed E-state index contributed by atoms with van der Waals surface area (Å²) in [7, 11) is 0. The molecule has 1 unspecified atom stereocenters. The number of aromatic nitrogens is 6. The van der Waals surface area contributed by atoms with Crippen molar-refractivity contribution in [3.05, 3.63) is 80.2 Å². The van der Waals surface area contributed by atoms with Gasteiger partial charge in [-0.15, -0.1) is 21.5 Å². The van der Waals surface area contributed by atoms with Crippen LogP contribution in [0.5, 0.6) is 0 Å². The van der Waals surface area contributed by atoms with Crippen LogP contribution < -0.4 is 5.56 Å². The summed E-state index contributed by atoms with van der Waals surface area (Å²) in [5.74, 6) is 0.322. The molecule has 1 aliphatic rings. The third kappa shape index (κ3) is 3.95. The monoisotopic (exact) mass is 465 g/mol. The summed E-state index contributed by atoms with van der Waals surface area (Å²) in [4.78, 5) is 30.7. The van der Waals surface area contributed by atoms with E-state index in [1.807, 2.05) is 16.9 Å². The van der Waals surface area contributed by atoms with Crippen molar-refractivity contribution < 1.29 is 9.18 Å². The van der Waals surface area contributed by atoms with E-state index in [-0.39, 0.29) is 23.7 Å². The molecule has 1 atom stereocenters. The van der Waals surface area contributed by atoms with Gasteiger partial charge in [0, 0.05) is 30.1 Å². The van der Waals surface area contributed by atoms with Crippen LogP contribution in [0.3, 0.4) is 0 Å². The Hall–Kier alpha value is -3.73. The van der Waals surface area contributed by atoms with Crippen molar-refractivity contribution in [2.45, 2.75) is 32.9 Å². The Labute approximate surface area is 191 Å². The van der Waals surface area contributed by atoms with Crippen molar-refractivity contribution in [2.75, 3.05) is 6.54 Å². The number of rotatable bonds is 4. The molecule has 11 heteroatoms. The Balaban J connectivity index is 1.40. The van der Waals surface area contributed by atoms with Crippen LogP contribution in [0, 0.1) is 12.7 Å². The number of aromatic amines is 1. The molecule has 0 radical (unpaired) electrons. The molecule has 5 rings (SSSR count). The quantitative estimate of drug-likeness (QED) is 0.496. The van der Waals surface area contributed by atoms with E-state index in [4.69, 9.17) is 0 Å². The summed E-state index contributed by atoms with van der Waals surface area (Å²) < 4.78 is 16.6. The minimum Gasteiger partial charge on any atom is -0.329 e. The van der Waals surface area contributed by atoms with E-state index >= 15 is 0 Å². The highest BCUT2D eigenvalue weighted by Crippen LogP contribution is 2.29. The summed E-state index contributed by atoms with van der Waals surface area (Å²) in [6, 6.07) is 6.04.